The monoisotopic (exact) mass is 650 g/mol. The molecule has 3 aliphatic heterocycles. The number of benzene rings is 2. The molecule has 3 saturated heterocycles. The summed E-state index contributed by atoms with van der Waals surface area (Å²) in [6.45, 7) is 4.28. The second kappa shape index (κ2) is 13.7. The highest BCUT2D eigenvalue weighted by molar-refractivity contribution is 5.80. The van der Waals surface area contributed by atoms with Crippen LogP contribution in [0.3, 0.4) is 0 Å². The van der Waals surface area contributed by atoms with Crippen LogP contribution >= 0.6 is 0 Å². The average Bonchev–Trinajstić information content (AvgIpc) is 3.05. The van der Waals surface area contributed by atoms with E-state index in [4.69, 9.17) is 9.47 Å². The Morgan fingerprint density at radius 3 is 2.64 bits per heavy atom. The number of hydrogen-bond acceptors (Lipinski definition) is 12. The second-order valence-electron chi connectivity index (χ2n) is 11.9. The summed E-state index contributed by atoms with van der Waals surface area (Å²) < 4.78 is 40.7. The number of aliphatic hydroxyl groups is 2. The van der Waals surface area contributed by atoms with E-state index in [-0.39, 0.29) is 48.7 Å². The maximum absolute atomic E-state index is 14.9. The number of aliphatic hydroxyl groups excluding tert-OH is 2. The molecule has 2 aromatic carbocycles. The molecule has 0 saturated carbocycles. The first-order valence-corrected chi connectivity index (χ1v) is 15.5. The summed E-state index contributed by atoms with van der Waals surface area (Å²) >= 11 is 0. The number of piperazine rings is 1. The normalized spacial score (nSPS) is 22.2. The third-order valence-corrected chi connectivity index (χ3v) is 8.72. The number of aromatic nitrogens is 3. The quantitative estimate of drug-likeness (QED) is 0.310. The number of amides is 1. The van der Waals surface area contributed by atoms with Gasteiger partial charge in [0.05, 0.1) is 44.0 Å². The van der Waals surface area contributed by atoms with E-state index in [0.717, 1.165) is 35.9 Å². The van der Waals surface area contributed by atoms with E-state index >= 15 is 0 Å². The maximum atomic E-state index is 14.9. The molecule has 3 aliphatic rings. The highest BCUT2D eigenvalue weighted by atomic mass is 19.3. The van der Waals surface area contributed by atoms with Crippen LogP contribution in [0.2, 0.25) is 0 Å². The van der Waals surface area contributed by atoms with Gasteiger partial charge in [0.2, 0.25) is 5.95 Å². The Hall–Kier alpha value is -4.49. The molecule has 4 heterocycles. The van der Waals surface area contributed by atoms with Gasteiger partial charge in [0.15, 0.2) is 11.9 Å². The number of carbonyl (C=O) groups is 1. The maximum Gasteiger partial charge on any atom is 0.301 e. The molecule has 0 bridgehead atoms. The summed E-state index contributed by atoms with van der Waals surface area (Å²) in [4.78, 5) is 30.4. The van der Waals surface area contributed by atoms with E-state index in [1.54, 1.807) is 6.07 Å². The van der Waals surface area contributed by atoms with Crippen molar-refractivity contribution in [2.24, 2.45) is 0 Å². The molecule has 3 atom stereocenters. The highest BCUT2D eigenvalue weighted by Gasteiger charge is 2.48. The summed E-state index contributed by atoms with van der Waals surface area (Å²) in [5.41, 5.74) is 2.28. The van der Waals surface area contributed by atoms with Crippen LogP contribution in [0.15, 0.2) is 48.8 Å². The Morgan fingerprint density at radius 2 is 1.98 bits per heavy atom. The Balaban J connectivity index is 1.10. The van der Waals surface area contributed by atoms with Gasteiger partial charge < -0.3 is 34.8 Å². The predicted octanol–water partition coefficient (Wildman–Crippen LogP) is 2.03. The molecule has 0 spiro atoms. The number of hydrogen-bond donors (Lipinski definition) is 3. The number of piperidine rings is 1. The van der Waals surface area contributed by atoms with Crippen molar-refractivity contribution in [3.63, 3.8) is 0 Å². The van der Waals surface area contributed by atoms with Crippen LogP contribution in [0.5, 0.6) is 5.75 Å². The van der Waals surface area contributed by atoms with Gasteiger partial charge in [-0.1, -0.05) is 0 Å². The zero-order chi connectivity index (χ0) is 33.1. The molecule has 13 nitrogen and oxygen atoms in total. The Bertz CT molecular complexity index is 1620. The fourth-order valence-electron chi connectivity index (χ4n) is 6.07. The van der Waals surface area contributed by atoms with Gasteiger partial charge in [0.1, 0.15) is 24.3 Å². The first-order valence-electron chi connectivity index (χ1n) is 15.5. The van der Waals surface area contributed by atoms with E-state index in [0.29, 0.717) is 24.8 Å². The van der Waals surface area contributed by atoms with Crippen LogP contribution < -0.4 is 15.0 Å². The second-order valence-corrected chi connectivity index (χ2v) is 11.9. The van der Waals surface area contributed by atoms with Crippen molar-refractivity contribution < 1.29 is 33.3 Å². The first kappa shape index (κ1) is 32.5. The number of rotatable bonds is 9. The number of nitrogens with zero attached hydrogens (tertiary/aromatic N) is 7. The van der Waals surface area contributed by atoms with Crippen LogP contribution in [0.4, 0.5) is 26.1 Å². The van der Waals surface area contributed by atoms with E-state index in [2.05, 4.69) is 30.1 Å². The summed E-state index contributed by atoms with van der Waals surface area (Å²) in [5.74, 6) is -3.63. The molecule has 0 radical (unpaired) electrons. The number of halogens is 2. The molecule has 3 aromatic rings. The Morgan fingerprint density at radius 1 is 1.19 bits per heavy atom. The van der Waals surface area contributed by atoms with Gasteiger partial charge >= 0.3 is 5.92 Å². The Labute approximate surface area is 270 Å². The van der Waals surface area contributed by atoms with Crippen molar-refractivity contribution in [1.82, 2.24) is 24.8 Å². The molecule has 6 rings (SSSR count). The molecule has 1 amide bonds. The van der Waals surface area contributed by atoms with E-state index in [1.165, 1.54) is 25.4 Å². The van der Waals surface area contributed by atoms with Gasteiger partial charge in [-0.2, -0.15) is 10.2 Å². The number of carbonyl (C=O) groups excluding carboxylic acids is 1. The van der Waals surface area contributed by atoms with Gasteiger partial charge in [0, 0.05) is 49.5 Å². The number of anilines is 3. The molecule has 1 aromatic heterocycles. The molecule has 47 heavy (non-hydrogen) atoms. The number of ether oxygens (including phenoxy) is 2. The van der Waals surface area contributed by atoms with Crippen molar-refractivity contribution in [3.8, 4) is 23.2 Å². The SMILES string of the molecule is CC(O)C(=O)N1CCC(Oc2ccc(-c3ncnc(Nc4ccc(N5CCN(C6COC6)C(CO)C5)cc4)n3)cc2C#N)C(F)(F)C1. The van der Waals surface area contributed by atoms with E-state index in [9.17, 15) is 29.1 Å². The topological polar surface area (TPSA) is 160 Å². The summed E-state index contributed by atoms with van der Waals surface area (Å²) in [6, 6.07) is 14.7. The molecule has 3 unspecified atom stereocenters. The van der Waals surface area contributed by atoms with E-state index < -0.39 is 30.6 Å². The van der Waals surface area contributed by atoms with Gasteiger partial charge in [-0.25, -0.2) is 18.7 Å². The van der Waals surface area contributed by atoms with Crippen molar-refractivity contribution in [1.29, 1.82) is 5.26 Å². The Kier molecular flexibility index (Phi) is 9.46. The lowest BCUT2D eigenvalue weighted by molar-refractivity contribution is -0.165. The van der Waals surface area contributed by atoms with E-state index in [1.807, 2.05) is 30.3 Å². The number of alkyl halides is 2. The molecule has 15 heteroatoms. The van der Waals surface area contributed by atoms with Gasteiger partial charge in [-0.05, 0) is 49.4 Å². The van der Waals surface area contributed by atoms with Crippen molar-refractivity contribution in [2.75, 3.05) is 62.8 Å². The largest absolute Gasteiger partial charge is 0.483 e. The van der Waals surface area contributed by atoms with Crippen molar-refractivity contribution in [2.45, 2.75) is 43.6 Å². The van der Waals surface area contributed by atoms with Crippen molar-refractivity contribution >= 4 is 23.2 Å². The minimum atomic E-state index is -3.39. The number of nitriles is 1. The van der Waals surface area contributed by atoms with Crippen LogP contribution in [-0.2, 0) is 9.53 Å². The fraction of sp³-hybridized carbons (Fsp3) is 0.469. The lowest BCUT2D eigenvalue weighted by atomic mass is 10.0. The van der Waals surface area contributed by atoms with Crippen LogP contribution in [0.25, 0.3) is 11.4 Å². The standard InChI is InChI=1S/C32H36F2N8O5/c1-20(44)30(45)41-9-8-28(32(33,34)18-41)47-27-7-2-21(12-22(27)13-35)29-36-19-37-31(39-29)38-23-3-5-24(6-4-23)40-10-11-42(25(14-40)15-43)26-16-46-17-26/h2-7,12,19-20,25-26,28,43-44H,8-11,14-18H2,1H3,(H,36,37,38,39). The number of likely N-dealkylation sites (tertiary alicyclic amines) is 1. The molecule has 248 valence electrons. The summed E-state index contributed by atoms with van der Waals surface area (Å²) in [7, 11) is 0. The molecule has 0 aliphatic carbocycles. The van der Waals surface area contributed by atoms with Gasteiger partial charge in [-0.15, -0.1) is 0 Å². The minimum absolute atomic E-state index is 0.00886. The smallest absolute Gasteiger partial charge is 0.301 e. The van der Waals surface area contributed by atoms with Crippen LogP contribution in [0, 0.1) is 11.3 Å². The fourth-order valence-corrected chi connectivity index (χ4v) is 6.07. The summed E-state index contributed by atoms with van der Waals surface area (Å²) in [5, 5.41) is 32.4. The third kappa shape index (κ3) is 7.10. The first-order chi connectivity index (χ1) is 22.6. The zero-order valence-corrected chi connectivity index (χ0v) is 25.8. The van der Waals surface area contributed by atoms with Gasteiger partial charge in [0.25, 0.3) is 5.91 Å². The van der Waals surface area contributed by atoms with Crippen molar-refractivity contribution in [3.05, 3.63) is 54.4 Å². The molecule has 3 N–H and O–H groups in total. The average molecular weight is 651 g/mol. The highest BCUT2D eigenvalue weighted by Crippen LogP contribution is 2.34. The minimum Gasteiger partial charge on any atom is -0.483 e. The zero-order valence-electron chi connectivity index (χ0n) is 25.8. The molecular formula is C32H36F2N8O5. The van der Waals surface area contributed by atoms with Crippen LogP contribution in [-0.4, -0.2) is 124 Å². The lowest BCUT2D eigenvalue weighted by Crippen LogP contribution is -2.62. The summed E-state index contributed by atoms with van der Waals surface area (Å²) in [6.07, 6.45) is -1.77. The van der Waals surface area contributed by atoms with Crippen LogP contribution in [0.1, 0.15) is 18.9 Å². The predicted molar refractivity (Wildman–Crippen MR) is 166 cm³/mol. The molecule has 3 fully saturated rings. The lowest BCUT2D eigenvalue weighted by Gasteiger charge is -2.47. The van der Waals surface area contributed by atoms with Gasteiger partial charge in [-0.3, -0.25) is 9.69 Å². The third-order valence-electron chi connectivity index (χ3n) is 8.72. The number of nitrogens with one attached hydrogen (secondary N) is 1. The molecular weight excluding hydrogens is 614 g/mol.